The Kier molecular flexibility index (Phi) is 3.87. The van der Waals surface area contributed by atoms with Crippen molar-refractivity contribution in [2.24, 2.45) is 0 Å². The number of nitrogens with zero attached hydrogens (tertiary/aromatic N) is 2. The molecule has 2 N–H and O–H groups in total. The maximum Gasteiger partial charge on any atom is 0.143 e. The van der Waals surface area contributed by atoms with Crippen molar-refractivity contribution in [3.8, 4) is 0 Å². The minimum Gasteiger partial charge on any atom is -0.374 e. The number of halogens is 1. The average Bonchev–Trinajstić information content (AvgIpc) is 2.29. The Balaban J connectivity index is 1.84. The number of aromatic nitrogens is 2. The van der Waals surface area contributed by atoms with Gasteiger partial charge in [0.15, 0.2) is 0 Å². The number of morpholine rings is 1. The third-order valence-corrected chi connectivity index (χ3v) is 2.75. The molecule has 6 heteroatoms. The maximum absolute atomic E-state index is 5.56. The normalized spacial score (nSPS) is 21.3. The molecule has 2 rings (SSSR count). The van der Waals surface area contributed by atoms with Crippen LogP contribution >= 0.6 is 15.9 Å². The van der Waals surface area contributed by atoms with E-state index in [0.29, 0.717) is 0 Å². The summed E-state index contributed by atoms with van der Waals surface area (Å²) in [7, 11) is 0. The lowest BCUT2D eigenvalue weighted by atomic mass is 10.3. The van der Waals surface area contributed by atoms with Gasteiger partial charge in [0.05, 0.1) is 17.2 Å². The standard InChI is InChI=1S/C9H13BrN4O/c10-8-5-12-6-14-9(8)13-4-7-3-11-1-2-15-7/h5-7,11H,1-4H2,(H,12,13,14). The number of ether oxygens (including phenoxy) is 1. The Morgan fingerprint density at radius 2 is 2.60 bits per heavy atom. The topological polar surface area (TPSA) is 59.1 Å². The molecular formula is C9H13BrN4O. The fourth-order valence-electron chi connectivity index (χ4n) is 1.40. The van der Waals surface area contributed by atoms with Crippen molar-refractivity contribution < 1.29 is 4.74 Å². The van der Waals surface area contributed by atoms with Crippen LogP contribution in [0.4, 0.5) is 5.82 Å². The van der Waals surface area contributed by atoms with E-state index in [1.54, 1.807) is 6.20 Å². The van der Waals surface area contributed by atoms with Crippen LogP contribution in [0.5, 0.6) is 0 Å². The molecule has 0 aliphatic carbocycles. The van der Waals surface area contributed by atoms with Gasteiger partial charge in [-0.2, -0.15) is 0 Å². The van der Waals surface area contributed by atoms with Gasteiger partial charge < -0.3 is 15.4 Å². The van der Waals surface area contributed by atoms with Gasteiger partial charge in [0.1, 0.15) is 12.1 Å². The zero-order valence-corrected chi connectivity index (χ0v) is 9.83. The van der Waals surface area contributed by atoms with Crippen LogP contribution in [0.3, 0.4) is 0 Å². The Bertz CT molecular complexity index is 317. The number of anilines is 1. The van der Waals surface area contributed by atoms with Crippen molar-refractivity contribution >= 4 is 21.7 Å². The van der Waals surface area contributed by atoms with Crippen molar-refractivity contribution in [3.05, 3.63) is 17.0 Å². The van der Waals surface area contributed by atoms with E-state index in [1.807, 2.05) is 0 Å². The van der Waals surface area contributed by atoms with Crippen molar-refractivity contribution in [1.82, 2.24) is 15.3 Å². The first-order chi connectivity index (χ1) is 7.36. The van der Waals surface area contributed by atoms with E-state index in [4.69, 9.17) is 4.74 Å². The molecule has 5 nitrogen and oxygen atoms in total. The van der Waals surface area contributed by atoms with Crippen molar-refractivity contribution in [3.63, 3.8) is 0 Å². The second-order valence-corrected chi connectivity index (χ2v) is 4.15. The van der Waals surface area contributed by atoms with Gasteiger partial charge >= 0.3 is 0 Å². The fourth-order valence-corrected chi connectivity index (χ4v) is 1.76. The smallest absolute Gasteiger partial charge is 0.143 e. The van der Waals surface area contributed by atoms with E-state index in [0.717, 1.165) is 36.5 Å². The first kappa shape index (κ1) is 10.8. The highest BCUT2D eigenvalue weighted by molar-refractivity contribution is 9.10. The molecule has 82 valence electrons. The molecule has 0 radical (unpaired) electrons. The zero-order valence-electron chi connectivity index (χ0n) is 8.24. The molecule has 0 spiro atoms. The van der Waals surface area contributed by atoms with Gasteiger partial charge in [-0.1, -0.05) is 0 Å². The van der Waals surface area contributed by atoms with Crippen LogP contribution in [0.25, 0.3) is 0 Å². The minimum atomic E-state index is 0.209. The van der Waals surface area contributed by atoms with Gasteiger partial charge in [0.25, 0.3) is 0 Å². The molecule has 0 amide bonds. The summed E-state index contributed by atoms with van der Waals surface area (Å²) < 4.78 is 6.43. The van der Waals surface area contributed by atoms with Gasteiger partial charge in [-0.15, -0.1) is 0 Å². The van der Waals surface area contributed by atoms with Crippen LogP contribution in [-0.4, -0.2) is 42.3 Å². The first-order valence-corrected chi connectivity index (χ1v) is 5.67. The highest BCUT2D eigenvalue weighted by atomic mass is 79.9. The number of rotatable bonds is 3. The lowest BCUT2D eigenvalue weighted by Crippen LogP contribution is -2.42. The first-order valence-electron chi connectivity index (χ1n) is 4.88. The van der Waals surface area contributed by atoms with Crippen LogP contribution in [0.2, 0.25) is 0 Å². The van der Waals surface area contributed by atoms with E-state index in [9.17, 15) is 0 Å². The summed E-state index contributed by atoms with van der Waals surface area (Å²) >= 11 is 3.38. The van der Waals surface area contributed by atoms with Crippen LogP contribution in [0.1, 0.15) is 0 Å². The lowest BCUT2D eigenvalue weighted by molar-refractivity contribution is 0.0372. The predicted molar refractivity (Wildman–Crippen MR) is 60.8 cm³/mol. The number of hydrogen-bond acceptors (Lipinski definition) is 5. The zero-order chi connectivity index (χ0) is 10.5. The molecule has 0 saturated carbocycles. The van der Waals surface area contributed by atoms with Gasteiger partial charge in [-0.05, 0) is 15.9 Å². The molecule has 1 aromatic heterocycles. The molecule has 1 aliphatic heterocycles. The summed E-state index contributed by atoms with van der Waals surface area (Å²) in [6.45, 7) is 3.35. The van der Waals surface area contributed by atoms with E-state index < -0.39 is 0 Å². The van der Waals surface area contributed by atoms with E-state index in [-0.39, 0.29) is 6.10 Å². The van der Waals surface area contributed by atoms with Gasteiger partial charge in [0, 0.05) is 25.8 Å². The molecular weight excluding hydrogens is 260 g/mol. The van der Waals surface area contributed by atoms with Crippen molar-refractivity contribution in [2.45, 2.75) is 6.10 Å². The molecule has 0 bridgehead atoms. The molecule has 1 unspecified atom stereocenters. The second-order valence-electron chi connectivity index (χ2n) is 3.30. The number of hydrogen-bond donors (Lipinski definition) is 2. The highest BCUT2D eigenvalue weighted by Crippen LogP contribution is 2.16. The van der Waals surface area contributed by atoms with Crippen LogP contribution < -0.4 is 10.6 Å². The summed E-state index contributed by atoms with van der Waals surface area (Å²) in [4.78, 5) is 8.02. The van der Waals surface area contributed by atoms with E-state index in [2.05, 4.69) is 36.5 Å². The summed E-state index contributed by atoms with van der Waals surface area (Å²) in [5.74, 6) is 0.805. The monoisotopic (exact) mass is 272 g/mol. The summed E-state index contributed by atoms with van der Waals surface area (Å²) in [5, 5.41) is 6.50. The van der Waals surface area contributed by atoms with Gasteiger partial charge in [0.2, 0.25) is 0 Å². The van der Waals surface area contributed by atoms with Crippen molar-refractivity contribution in [2.75, 3.05) is 31.6 Å². The van der Waals surface area contributed by atoms with Crippen molar-refractivity contribution in [1.29, 1.82) is 0 Å². The minimum absolute atomic E-state index is 0.209. The Hall–Kier alpha value is -0.720. The van der Waals surface area contributed by atoms with Crippen LogP contribution in [0.15, 0.2) is 17.0 Å². The van der Waals surface area contributed by atoms with Gasteiger partial charge in [-0.3, -0.25) is 0 Å². The second kappa shape index (κ2) is 5.39. The number of nitrogens with one attached hydrogen (secondary N) is 2. The lowest BCUT2D eigenvalue weighted by Gasteiger charge is -2.24. The predicted octanol–water partition coefficient (Wildman–Crippen LogP) is 0.639. The van der Waals surface area contributed by atoms with E-state index >= 15 is 0 Å². The fraction of sp³-hybridized carbons (Fsp3) is 0.556. The Morgan fingerprint density at radius 1 is 1.67 bits per heavy atom. The highest BCUT2D eigenvalue weighted by Gasteiger charge is 2.13. The third-order valence-electron chi connectivity index (χ3n) is 2.17. The molecule has 1 aliphatic rings. The molecule has 1 aromatic rings. The average molecular weight is 273 g/mol. The summed E-state index contributed by atoms with van der Waals surface area (Å²) in [5.41, 5.74) is 0. The molecule has 1 fully saturated rings. The maximum atomic E-state index is 5.56. The Morgan fingerprint density at radius 3 is 3.33 bits per heavy atom. The molecule has 2 heterocycles. The third kappa shape index (κ3) is 3.12. The van der Waals surface area contributed by atoms with Crippen LogP contribution in [0, 0.1) is 0 Å². The van der Waals surface area contributed by atoms with E-state index in [1.165, 1.54) is 6.33 Å². The molecule has 1 atom stereocenters. The summed E-state index contributed by atoms with van der Waals surface area (Å²) in [6, 6.07) is 0. The quantitative estimate of drug-likeness (QED) is 0.846. The molecule has 0 aromatic carbocycles. The summed E-state index contributed by atoms with van der Waals surface area (Å²) in [6.07, 6.45) is 3.45. The van der Waals surface area contributed by atoms with Crippen LogP contribution in [-0.2, 0) is 4.74 Å². The largest absolute Gasteiger partial charge is 0.374 e. The molecule has 1 saturated heterocycles. The Labute approximate surface area is 96.8 Å². The SMILES string of the molecule is Brc1cncnc1NCC1CNCCO1. The van der Waals surface area contributed by atoms with Gasteiger partial charge in [-0.25, -0.2) is 9.97 Å². The molecule has 15 heavy (non-hydrogen) atoms.